The van der Waals surface area contributed by atoms with Crippen molar-refractivity contribution in [2.24, 2.45) is 0 Å². The molecule has 0 radical (unpaired) electrons. The lowest BCUT2D eigenvalue weighted by molar-refractivity contribution is -0.0427. The summed E-state index contributed by atoms with van der Waals surface area (Å²) in [5, 5.41) is 5.53. The van der Waals surface area contributed by atoms with Gasteiger partial charge in [0.25, 0.3) is 0 Å². The van der Waals surface area contributed by atoms with Gasteiger partial charge in [0.05, 0.1) is 6.61 Å². The Labute approximate surface area is 141 Å². The van der Waals surface area contributed by atoms with E-state index in [0.29, 0.717) is 6.61 Å². The van der Waals surface area contributed by atoms with Crippen LogP contribution in [0.4, 0.5) is 0 Å². The third kappa shape index (κ3) is 3.11. The van der Waals surface area contributed by atoms with Crippen molar-refractivity contribution in [1.29, 1.82) is 0 Å². The Morgan fingerprint density at radius 3 is 2.83 bits per heavy atom. The maximum Gasteiger partial charge on any atom is 0.151 e. The average molecular weight is 320 g/mol. The number of fused-ring (bicyclic) bond motifs is 1. The average Bonchev–Trinajstić information content (AvgIpc) is 2.67. The first-order chi connectivity index (χ1) is 11.9. The minimum absolute atomic E-state index is 0.0155. The molecule has 122 valence electrons. The SMILES string of the molecule is c1ccc(C(Oc2cccc3cnccc23)C2CNCCO2)cc1. The second kappa shape index (κ2) is 6.99. The molecular formula is C20H20N2O2. The monoisotopic (exact) mass is 320 g/mol. The van der Waals surface area contributed by atoms with Gasteiger partial charge in [0, 0.05) is 36.3 Å². The standard InChI is InChI=1S/C20H20N2O2/c1-2-5-15(6-3-1)20(19-14-22-11-12-23-19)24-18-8-4-7-16-13-21-10-9-17(16)18/h1-10,13,19-20,22H,11-12,14H2. The van der Waals surface area contributed by atoms with Gasteiger partial charge in [-0.3, -0.25) is 4.98 Å². The number of rotatable bonds is 4. The predicted octanol–water partition coefficient (Wildman–Crippen LogP) is 3.34. The van der Waals surface area contributed by atoms with Crippen LogP contribution in [-0.4, -0.2) is 30.8 Å². The fourth-order valence-electron chi connectivity index (χ4n) is 3.11. The Morgan fingerprint density at radius 1 is 1.08 bits per heavy atom. The summed E-state index contributed by atoms with van der Waals surface area (Å²) >= 11 is 0. The minimum atomic E-state index is -0.155. The number of nitrogens with one attached hydrogen (secondary N) is 1. The smallest absolute Gasteiger partial charge is 0.151 e. The van der Waals surface area contributed by atoms with Crippen molar-refractivity contribution in [3.63, 3.8) is 0 Å². The number of benzene rings is 2. The van der Waals surface area contributed by atoms with E-state index in [9.17, 15) is 0 Å². The Balaban J connectivity index is 1.70. The summed E-state index contributed by atoms with van der Waals surface area (Å²) in [5.41, 5.74) is 1.12. The van der Waals surface area contributed by atoms with E-state index in [1.807, 2.05) is 48.7 Å². The van der Waals surface area contributed by atoms with Crippen molar-refractivity contribution < 1.29 is 9.47 Å². The first-order valence-electron chi connectivity index (χ1n) is 8.28. The first-order valence-corrected chi connectivity index (χ1v) is 8.28. The van der Waals surface area contributed by atoms with Gasteiger partial charge in [-0.25, -0.2) is 0 Å². The highest BCUT2D eigenvalue weighted by atomic mass is 16.5. The van der Waals surface area contributed by atoms with Crippen molar-refractivity contribution in [3.05, 3.63) is 72.6 Å². The lowest BCUT2D eigenvalue weighted by Gasteiger charge is -2.32. The van der Waals surface area contributed by atoms with E-state index in [4.69, 9.17) is 9.47 Å². The van der Waals surface area contributed by atoms with E-state index in [-0.39, 0.29) is 12.2 Å². The van der Waals surface area contributed by atoms with Gasteiger partial charge in [0.1, 0.15) is 11.9 Å². The number of hydrogen-bond acceptors (Lipinski definition) is 4. The van der Waals surface area contributed by atoms with Crippen LogP contribution in [0.3, 0.4) is 0 Å². The van der Waals surface area contributed by atoms with Crippen LogP contribution in [0.15, 0.2) is 67.0 Å². The zero-order chi connectivity index (χ0) is 16.2. The number of morpholine rings is 1. The second-order valence-corrected chi connectivity index (χ2v) is 5.92. The van der Waals surface area contributed by atoms with E-state index in [1.165, 1.54) is 0 Å². The van der Waals surface area contributed by atoms with Gasteiger partial charge < -0.3 is 14.8 Å². The molecule has 4 nitrogen and oxygen atoms in total. The normalized spacial score (nSPS) is 19.1. The lowest BCUT2D eigenvalue weighted by Crippen LogP contribution is -2.43. The lowest BCUT2D eigenvalue weighted by atomic mass is 10.0. The van der Waals surface area contributed by atoms with E-state index in [2.05, 4.69) is 22.4 Å². The number of ether oxygens (including phenoxy) is 2. The Kier molecular flexibility index (Phi) is 4.40. The van der Waals surface area contributed by atoms with Crippen LogP contribution < -0.4 is 10.1 Å². The molecule has 1 aromatic heterocycles. The van der Waals surface area contributed by atoms with E-state index < -0.39 is 0 Å². The summed E-state index contributed by atoms with van der Waals surface area (Å²) in [4.78, 5) is 4.19. The quantitative estimate of drug-likeness (QED) is 0.801. The fourth-order valence-corrected chi connectivity index (χ4v) is 3.11. The molecule has 1 N–H and O–H groups in total. The molecule has 4 rings (SSSR count). The number of nitrogens with zero attached hydrogens (tertiary/aromatic N) is 1. The van der Waals surface area contributed by atoms with Gasteiger partial charge in [0.15, 0.2) is 6.10 Å². The molecule has 0 amide bonds. The Morgan fingerprint density at radius 2 is 2.00 bits per heavy atom. The molecule has 1 fully saturated rings. The highest BCUT2D eigenvalue weighted by Crippen LogP contribution is 2.32. The van der Waals surface area contributed by atoms with Gasteiger partial charge in [-0.2, -0.15) is 0 Å². The van der Waals surface area contributed by atoms with Crippen molar-refractivity contribution in [1.82, 2.24) is 10.3 Å². The number of hydrogen-bond donors (Lipinski definition) is 1. The van der Waals surface area contributed by atoms with Gasteiger partial charge in [-0.05, 0) is 17.7 Å². The molecule has 2 heterocycles. The molecule has 0 spiro atoms. The summed E-state index contributed by atoms with van der Waals surface area (Å²) in [7, 11) is 0. The summed E-state index contributed by atoms with van der Waals surface area (Å²) in [5.74, 6) is 0.859. The molecular weight excluding hydrogens is 300 g/mol. The Bertz CT molecular complexity index is 796. The third-order valence-electron chi connectivity index (χ3n) is 4.32. The molecule has 24 heavy (non-hydrogen) atoms. The molecule has 0 saturated carbocycles. The molecule has 4 heteroatoms. The van der Waals surface area contributed by atoms with Crippen molar-refractivity contribution in [2.45, 2.75) is 12.2 Å². The number of aromatic nitrogens is 1. The fraction of sp³-hybridized carbons (Fsp3) is 0.250. The third-order valence-corrected chi connectivity index (χ3v) is 4.32. The topological polar surface area (TPSA) is 43.4 Å². The highest BCUT2D eigenvalue weighted by Gasteiger charge is 2.28. The van der Waals surface area contributed by atoms with Crippen molar-refractivity contribution in [2.75, 3.05) is 19.7 Å². The van der Waals surface area contributed by atoms with E-state index in [1.54, 1.807) is 6.20 Å². The predicted molar refractivity (Wildman–Crippen MR) is 94.2 cm³/mol. The van der Waals surface area contributed by atoms with Crippen LogP contribution in [0.5, 0.6) is 5.75 Å². The van der Waals surface area contributed by atoms with Crippen LogP contribution in [0, 0.1) is 0 Å². The van der Waals surface area contributed by atoms with Crippen LogP contribution in [-0.2, 0) is 4.74 Å². The van der Waals surface area contributed by atoms with Gasteiger partial charge >= 0.3 is 0 Å². The summed E-state index contributed by atoms with van der Waals surface area (Å²) < 4.78 is 12.4. The molecule has 1 saturated heterocycles. The molecule has 3 aromatic rings. The molecule has 1 aliphatic heterocycles. The van der Waals surface area contributed by atoms with Crippen LogP contribution in [0.25, 0.3) is 10.8 Å². The maximum absolute atomic E-state index is 6.46. The molecule has 2 atom stereocenters. The first kappa shape index (κ1) is 15.1. The van der Waals surface area contributed by atoms with E-state index >= 15 is 0 Å². The summed E-state index contributed by atoms with van der Waals surface area (Å²) in [6, 6.07) is 18.3. The van der Waals surface area contributed by atoms with Crippen LogP contribution in [0.2, 0.25) is 0 Å². The summed E-state index contributed by atoms with van der Waals surface area (Å²) in [6.07, 6.45) is 3.49. The van der Waals surface area contributed by atoms with Crippen molar-refractivity contribution in [3.8, 4) is 5.75 Å². The minimum Gasteiger partial charge on any atom is -0.482 e. The highest BCUT2D eigenvalue weighted by molar-refractivity contribution is 5.87. The number of pyridine rings is 1. The molecule has 2 unspecified atom stereocenters. The largest absolute Gasteiger partial charge is 0.482 e. The van der Waals surface area contributed by atoms with Gasteiger partial charge in [-0.15, -0.1) is 0 Å². The molecule has 1 aliphatic rings. The van der Waals surface area contributed by atoms with Crippen molar-refractivity contribution >= 4 is 10.8 Å². The summed E-state index contributed by atoms with van der Waals surface area (Å²) in [6.45, 7) is 2.38. The molecule has 2 aromatic carbocycles. The Hall–Kier alpha value is -2.43. The molecule has 0 aliphatic carbocycles. The molecule has 0 bridgehead atoms. The van der Waals surface area contributed by atoms with Gasteiger partial charge in [-0.1, -0.05) is 42.5 Å². The van der Waals surface area contributed by atoms with Crippen LogP contribution >= 0.6 is 0 Å². The van der Waals surface area contributed by atoms with E-state index in [0.717, 1.165) is 35.2 Å². The van der Waals surface area contributed by atoms with Gasteiger partial charge in [0.2, 0.25) is 0 Å². The van der Waals surface area contributed by atoms with Crippen LogP contribution in [0.1, 0.15) is 11.7 Å². The zero-order valence-corrected chi connectivity index (χ0v) is 13.4. The maximum atomic E-state index is 6.46. The second-order valence-electron chi connectivity index (χ2n) is 5.92. The zero-order valence-electron chi connectivity index (χ0n) is 13.4.